The Kier molecular flexibility index (Phi) is 4.40. The lowest BCUT2D eigenvalue weighted by Crippen LogP contribution is -2.04. The van der Waals surface area contributed by atoms with Crippen molar-refractivity contribution in [3.05, 3.63) is 36.4 Å². The lowest BCUT2D eigenvalue weighted by Gasteiger charge is -2.02. The number of thioether (sulfide) groups is 1. The van der Waals surface area contributed by atoms with E-state index in [1.807, 2.05) is 0 Å². The number of pyridine rings is 1. The summed E-state index contributed by atoms with van der Waals surface area (Å²) in [6.45, 7) is 0. The molecule has 0 radical (unpaired) electrons. The molecule has 98 valence electrons. The van der Waals surface area contributed by atoms with Crippen LogP contribution in [-0.4, -0.2) is 33.8 Å². The van der Waals surface area contributed by atoms with Crippen LogP contribution in [0.3, 0.4) is 0 Å². The van der Waals surface area contributed by atoms with Gasteiger partial charge in [0.15, 0.2) is 5.16 Å². The third-order valence-electron chi connectivity index (χ3n) is 2.16. The maximum absolute atomic E-state index is 13.0. The molecule has 0 atom stereocenters. The number of methoxy groups -OCH3 is 1. The SMILES string of the molecule is COC(=O)CSc1nccc(-c2cccc(F)n2)n1. The summed E-state index contributed by atoms with van der Waals surface area (Å²) in [6, 6.07) is 6.10. The molecule has 2 aromatic heterocycles. The number of nitrogens with zero attached hydrogens (tertiary/aromatic N) is 3. The van der Waals surface area contributed by atoms with Gasteiger partial charge in [-0.15, -0.1) is 0 Å². The molecule has 0 N–H and O–H groups in total. The molecule has 0 bridgehead atoms. The van der Waals surface area contributed by atoms with Crippen molar-refractivity contribution in [2.75, 3.05) is 12.9 Å². The molecule has 19 heavy (non-hydrogen) atoms. The zero-order chi connectivity index (χ0) is 13.7. The molecule has 0 aliphatic heterocycles. The van der Waals surface area contributed by atoms with Crippen molar-refractivity contribution in [3.63, 3.8) is 0 Å². The fraction of sp³-hybridized carbons (Fsp3) is 0.167. The van der Waals surface area contributed by atoms with E-state index >= 15 is 0 Å². The molecular formula is C12H10FN3O2S. The maximum atomic E-state index is 13.0. The molecule has 5 nitrogen and oxygen atoms in total. The molecule has 0 aliphatic rings. The lowest BCUT2D eigenvalue weighted by molar-refractivity contribution is -0.137. The van der Waals surface area contributed by atoms with Gasteiger partial charge in [-0.2, -0.15) is 4.39 Å². The average Bonchev–Trinajstić information content (AvgIpc) is 2.45. The quantitative estimate of drug-likeness (QED) is 0.369. The van der Waals surface area contributed by atoms with Crippen LogP contribution in [0.5, 0.6) is 0 Å². The van der Waals surface area contributed by atoms with Crippen molar-refractivity contribution in [2.24, 2.45) is 0 Å². The normalized spacial score (nSPS) is 10.2. The van der Waals surface area contributed by atoms with Crippen LogP contribution < -0.4 is 0 Å². The van der Waals surface area contributed by atoms with E-state index in [-0.39, 0.29) is 11.7 Å². The van der Waals surface area contributed by atoms with Crippen molar-refractivity contribution in [3.8, 4) is 11.4 Å². The Bertz CT molecular complexity index is 595. The van der Waals surface area contributed by atoms with Crippen molar-refractivity contribution in [2.45, 2.75) is 5.16 Å². The smallest absolute Gasteiger partial charge is 0.316 e. The minimum Gasteiger partial charge on any atom is -0.468 e. The molecule has 0 spiro atoms. The highest BCUT2D eigenvalue weighted by Crippen LogP contribution is 2.18. The van der Waals surface area contributed by atoms with E-state index in [2.05, 4.69) is 19.7 Å². The molecular weight excluding hydrogens is 269 g/mol. The van der Waals surface area contributed by atoms with Crippen molar-refractivity contribution in [1.29, 1.82) is 0 Å². The van der Waals surface area contributed by atoms with Crippen LogP contribution in [0, 0.1) is 5.95 Å². The second-order valence-electron chi connectivity index (χ2n) is 3.43. The summed E-state index contributed by atoms with van der Waals surface area (Å²) >= 11 is 1.15. The van der Waals surface area contributed by atoms with E-state index in [1.165, 1.54) is 19.4 Å². The molecule has 0 aromatic carbocycles. The Morgan fingerprint density at radius 3 is 2.84 bits per heavy atom. The van der Waals surface area contributed by atoms with Crippen LogP contribution in [0.25, 0.3) is 11.4 Å². The topological polar surface area (TPSA) is 65.0 Å². The molecule has 2 aromatic rings. The van der Waals surface area contributed by atoms with E-state index in [0.717, 1.165) is 11.8 Å². The highest BCUT2D eigenvalue weighted by molar-refractivity contribution is 7.99. The van der Waals surface area contributed by atoms with Gasteiger partial charge in [0.2, 0.25) is 5.95 Å². The summed E-state index contributed by atoms with van der Waals surface area (Å²) in [7, 11) is 1.32. The second kappa shape index (κ2) is 6.24. The molecule has 2 rings (SSSR count). The largest absolute Gasteiger partial charge is 0.468 e. The number of hydrogen-bond acceptors (Lipinski definition) is 6. The fourth-order valence-corrected chi connectivity index (χ4v) is 1.95. The number of ether oxygens (including phenoxy) is 1. The number of halogens is 1. The summed E-state index contributed by atoms with van der Waals surface area (Å²) in [5.74, 6) is -0.806. The van der Waals surface area contributed by atoms with Crippen LogP contribution in [0.4, 0.5) is 4.39 Å². The highest BCUT2D eigenvalue weighted by Gasteiger charge is 2.07. The van der Waals surface area contributed by atoms with Crippen LogP contribution >= 0.6 is 11.8 Å². The Hall–Kier alpha value is -2.02. The standard InChI is InChI=1S/C12H10FN3O2S/c1-18-11(17)7-19-12-14-6-5-9(16-12)8-3-2-4-10(13)15-8/h2-6H,7H2,1H3. The lowest BCUT2D eigenvalue weighted by atomic mass is 10.3. The summed E-state index contributed by atoms with van der Waals surface area (Å²) in [6.07, 6.45) is 1.54. The third-order valence-corrected chi connectivity index (χ3v) is 2.99. The number of rotatable bonds is 4. The van der Waals surface area contributed by atoms with Crippen LogP contribution in [0.2, 0.25) is 0 Å². The van der Waals surface area contributed by atoms with Gasteiger partial charge >= 0.3 is 5.97 Å². The van der Waals surface area contributed by atoms with E-state index in [4.69, 9.17) is 0 Å². The molecule has 0 saturated carbocycles. The number of aromatic nitrogens is 3. The molecule has 2 heterocycles. The van der Waals surface area contributed by atoms with Gasteiger partial charge in [-0.05, 0) is 18.2 Å². The van der Waals surface area contributed by atoms with E-state index in [0.29, 0.717) is 16.5 Å². The summed E-state index contributed by atoms with van der Waals surface area (Å²) in [4.78, 5) is 23.0. The van der Waals surface area contributed by atoms with E-state index in [1.54, 1.807) is 18.2 Å². The van der Waals surface area contributed by atoms with Gasteiger partial charge in [-0.1, -0.05) is 17.8 Å². The maximum Gasteiger partial charge on any atom is 0.316 e. The molecule has 0 fully saturated rings. The first-order chi connectivity index (χ1) is 9.19. The van der Waals surface area contributed by atoms with Gasteiger partial charge in [0.1, 0.15) is 0 Å². The molecule has 0 saturated heterocycles. The van der Waals surface area contributed by atoms with Crippen LogP contribution in [0.15, 0.2) is 35.6 Å². The molecule has 0 amide bonds. The first kappa shape index (κ1) is 13.4. The highest BCUT2D eigenvalue weighted by atomic mass is 32.2. The molecule has 0 unspecified atom stereocenters. The zero-order valence-corrected chi connectivity index (χ0v) is 10.9. The molecule has 0 aliphatic carbocycles. The Morgan fingerprint density at radius 2 is 2.11 bits per heavy atom. The minimum atomic E-state index is -0.570. The van der Waals surface area contributed by atoms with Gasteiger partial charge < -0.3 is 4.74 Å². The predicted octanol–water partition coefficient (Wildman–Crippen LogP) is 1.94. The monoisotopic (exact) mass is 279 g/mol. The third kappa shape index (κ3) is 3.72. The van der Waals surface area contributed by atoms with Crippen molar-refractivity contribution >= 4 is 17.7 Å². The van der Waals surface area contributed by atoms with E-state index in [9.17, 15) is 9.18 Å². The second-order valence-corrected chi connectivity index (χ2v) is 4.38. The van der Waals surface area contributed by atoms with E-state index < -0.39 is 5.95 Å². The number of esters is 1. The summed E-state index contributed by atoms with van der Waals surface area (Å²) in [5.41, 5.74) is 0.921. The molecule has 7 heteroatoms. The van der Waals surface area contributed by atoms with Gasteiger partial charge in [0.25, 0.3) is 0 Å². The Morgan fingerprint density at radius 1 is 1.32 bits per heavy atom. The Balaban J connectivity index is 2.17. The van der Waals surface area contributed by atoms with Gasteiger partial charge in [-0.25, -0.2) is 15.0 Å². The number of carbonyl (C=O) groups is 1. The first-order valence-corrected chi connectivity index (χ1v) is 6.33. The van der Waals surface area contributed by atoms with Gasteiger partial charge in [0.05, 0.1) is 24.3 Å². The minimum absolute atomic E-state index is 0.122. The van der Waals surface area contributed by atoms with Gasteiger partial charge in [-0.3, -0.25) is 4.79 Å². The van der Waals surface area contributed by atoms with Crippen molar-refractivity contribution < 1.29 is 13.9 Å². The van der Waals surface area contributed by atoms with Crippen molar-refractivity contribution in [1.82, 2.24) is 15.0 Å². The summed E-state index contributed by atoms with van der Waals surface area (Å²) in [5, 5.41) is 0.411. The van der Waals surface area contributed by atoms with Crippen LogP contribution in [0.1, 0.15) is 0 Å². The first-order valence-electron chi connectivity index (χ1n) is 5.34. The van der Waals surface area contributed by atoms with Crippen LogP contribution in [-0.2, 0) is 9.53 Å². The average molecular weight is 279 g/mol. The summed E-state index contributed by atoms with van der Waals surface area (Å²) < 4.78 is 17.6. The number of hydrogen-bond donors (Lipinski definition) is 0. The predicted molar refractivity (Wildman–Crippen MR) is 68.0 cm³/mol. The zero-order valence-electron chi connectivity index (χ0n) is 10.0. The Labute approximate surface area is 113 Å². The number of carbonyl (C=O) groups excluding carboxylic acids is 1. The van der Waals surface area contributed by atoms with Gasteiger partial charge in [0, 0.05) is 6.20 Å². The fourth-order valence-electron chi connectivity index (χ4n) is 1.29.